The van der Waals surface area contributed by atoms with Crippen LogP contribution in [0.3, 0.4) is 0 Å². The number of carboxylic acid groups (broad SMARTS) is 2. The Hall–Kier alpha value is -3.66. The highest BCUT2D eigenvalue weighted by Gasteiger charge is 2.17. The van der Waals surface area contributed by atoms with Gasteiger partial charge in [0.25, 0.3) is 0 Å². The van der Waals surface area contributed by atoms with Crippen LogP contribution in [0.1, 0.15) is 30.4 Å². The fourth-order valence-corrected chi connectivity index (χ4v) is 2.84. The van der Waals surface area contributed by atoms with E-state index in [0.29, 0.717) is 12.0 Å². The number of carboxylic acids is 2. The summed E-state index contributed by atoms with van der Waals surface area (Å²) in [5.74, 6) is -2.63. The molecule has 1 amide bonds. The Bertz CT molecular complexity index is 900. The van der Waals surface area contributed by atoms with Crippen LogP contribution >= 0.6 is 0 Å². The highest BCUT2D eigenvalue weighted by Crippen LogP contribution is 2.24. The van der Waals surface area contributed by atoms with Crippen molar-refractivity contribution in [3.63, 3.8) is 0 Å². The van der Waals surface area contributed by atoms with E-state index < -0.39 is 23.9 Å². The fourth-order valence-electron chi connectivity index (χ4n) is 2.84. The van der Waals surface area contributed by atoms with Crippen molar-refractivity contribution in [1.82, 2.24) is 5.32 Å². The molecule has 0 fully saturated rings. The maximum atomic E-state index is 11.8. The van der Waals surface area contributed by atoms with Gasteiger partial charge in [0.05, 0.1) is 24.5 Å². The monoisotopic (exact) mass is 380 g/mol. The number of carbonyl (C=O) groups is 3. The lowest BCUT2D eigenvalue weighted by atomic mass is 9.97. The topological polar surface area (TPSA) is 127 Å². The van der Waals surface area contributed by atoms with Gasteiger partial charge in [-0.2, -0.15) is 5.26 Å². The van der Waals surface area contributed by atoms with Gasteiger partial charge in [0.15, 0.2) is 0 Å². The smallest absolute Gasteiger partial charge is 0.305 e. The first-order chi connectivity index (χ1) is 13.4. The Balaban J connectivity index is 2.09. The molecule has 0 spiro atoms. The van der Waals surface area contributed by atoms with Gasteiger partial charge in [0, 0.05) is 12.5 Å². The maximum Gasteiger partial charge on any atom is 0.305 e. The predicted molar refractivity (Wildman–Crippen MR) is 101 cm³/mol. The third kappa shape index (κ3) is 6.25. The van der Waals surface area contributed by atoms with Gasteiger partial charge in [-0.1, -0.05) is 42.5 Å². The minimum Gasteiger partial charge on any atom is -0.481 e. The summed E-state index contributed by atoms with van der Waals surface area (Å²) in [5, 5.41) is 29.5. The van der Waals surface area contributed by atoms with Crippen LogP contribution in [-0.2, 0) is 20.8 Å². The Morgan fingerprint density at radius 1 is 0.964 bits per heavy atom. The van der Waals surface area contributed by atoms with Crippen LogP contribution in [0, 0.1) is 11.3 Å². The largest absolute Gasteiger partial charge is 0.481 e. The van der Waals surface area contributed by atoms with E-state index in [1.165, 1.54) is 0 Å². The van der Waals surface area contributed by atoms with E-state index in [0.717, 1.165) is 16.7 Å². The second kappa shape index (κ2) is 9.88. The molecule has 3 N–H and O–H groups in total. The van der Waals surface area contributed by atoms with Crippen molar-refractivity contribution in [3.8, 4) is 17.2 Å². The molecule has 0 bridgehead atoms. The predicted octanol–water partition coefficient (Wildman–Crippen LogP) is 2.59. The van der Waals surface area contributed by atoms with E-state index >= 15 is 0 Å². The van der Waals surface area contributed by atoms with Crippen molar-refractivity contribution in [3.05, 3.63) is 59.7 Å². The number of hydrogen-bond acceptors (Lipinski definition) is 4. The van der Waals surface area contributed by atoms with Crippen LogP contribution in [0.4, 0.5) is 0 Å². The summed E-state index contributed by atoms with van der Waals surface area (Å²) < 4.78 is 0. The van der Waals surface area contributed by atoms with Crippen LogP contribution < -0.4 is 5.32 Å². The van der Waals surface area contributed by atoms with Gasteiger partial charge < -0.3 is 15.5 Å². The molecule has 0 aliphatic heterocycles. The lowest BCUT2D eigenvalue weighted by Gasteiger charge is -2.17. The van der Waals surface area contributed by atoms with E-state index in [2.05, 4.69) is 11.4 Å². The average molecular weight is 380 g/mol. The normalized spacial score (nSPS) is 11.2. The van der Waals surface area contributed by atoms with Gasteiger partial charge in [0.2, 0.25) is 5.91 Å². The molecule has 0 saturated heterocycles. The van der Waals surface area contributed by atoms with Crippen LogP contribution in [0.25, 0.3) is 11.1 Å². The second-order valence-corrected chi connectivity index (χ2v) is 6.31. The quantitative estimate of drug-likeness (QED) is 0.613. The van der Waals surface area contributed by atoms with Crippen LogP contribution in [0.15, 0.2) is 48.5 Å². The van der Waals surface area contributed by atoms with Crippen molar-refractivity contribution in [2.45, 2.75) is 31.7 Å². The van der Waals surface area contributed by atoms with Crippen LogP contribution in [0.5, 0.6) is 0 Å². The first kappa shape index (κ1) is 20.6. The molecule has 0 unspecified atom stereocenters. The highest BCUT2D eigenvalue weighted by atomic mass is 16.4. The number of benzene rings is 2. The number of nitrogens with one attached hydrogen (secondary N) is 1. The zero-order valence-electron chi connectivity index (χ0n) is 15.1. The lowest BCUT2D eigenvalue weighted by Crippen LogP contribution is -2.38. The van der Waals surface area contributed by atoms with E-state index in [1.54, 1.807) is 12.1 Å². The molecule has 0 radical (unpaired) electrons. The number of nitriles is 1. The van der Waals surface area contributed by atoms with Crippen LogP contribution in [0.2, 0.25) is 0 Å². The summed E-state index contributed by atoms with van der Waals surface area (Å²) >= 11 is 0. The summed E-state index contributed by atoms with van der Waals surface area (Å²) in [7, 11) is 0. The Labute approximate surface area is 162 Å². The molecule has 0 aliphatic carbocycles. The van der Waals surface area contributed by atoms with E-state index in [9.17, 15) is 19.6 Å². The van der Waals surface area contributed by atoms with Gasteiger partial charge in [0.1, 0.15) is 0 Å². The Morgan fingerprint density at radius 3 is 2.25 bits per heavy atom. The summed E-state index contributed by atoms with van der Waals surface area (Å²) in [4.78, 5) is 33.5. The summed E-state index contributed by atoms with van der Waals surface area (Å²) in [5.41, 5.74) is 3.05. The fraction of sp³-hybridized carbons (Fsp3) is 0.238. The molecule has 2 rings (SSSR count). The molecule has 2 aromatic rings. The van der Waals surface area contributed by atoms with Gasteiger partial charge >= 0.3 is 11.9 Å². The van der Waals surface area contributed by atoms with Gasteiger partial charge in [-0.25, -0.2) is 0 Å². The van der Waals surface area contributed by atoms with Crippen molar-refractivity contribution in [2.75, 3.05) is 0 Å². The zero-order chi connectivity index (χ0) is 20.5. The van der Waals surface area contributed by atoms with Crippen molar-refractivity contribution in [1.29, 1.82) is 5.26 Å². The number of hydrogen-bond donors (Lipinski definition) is 3. The maximum absolute atomic E-state index is 11.8. The number of amides is 1. The Morgan fingerprint density at radius 2 is 1.64 bits per heavy atom. The molecule has 2 aromatic carbocycles. The minimum absolute atomic E-state index is 0.199. The van der Waals surface area contributed by atoms with Gasteiger partial charge in [-0.3, -0.25) is 14.4 Å². The molecule has 0 aromatic heterocycles. The molecule has 7 heteroatoms. The van der Waals surface area contributed by atoms with Gasteiger partial charge in [-0.05, 0) is 29.2 Å². The third-order valence-electron chi connectivity index (χ3n) is 4.15. The molecule has 0 aliphatic rings. The molecule has 144 valence electrons. The first-order valence-corrected chi connectivity index (χ1v) is 8.70. The molecule has 0 heterocycles. The first-order valence-electron chi connectivity index (χ1n) is 8.70. The Kier molecular flexibility index (Phi) is 7.28. The summed E-state index contributed by atoms with van der Waals surface area (Å²) in [6.45, 7) is 0. The molecule has 7 nitrogen and oxygen atoms in total. The number of nitrogens with zero attached hydrogens (tertiary/aromatic N) is 1. The summed E-state index contributed by atoms with van der Waals surface area (Å²) in [6.07, 6.45) is -0.475. The molecular formula is C21H20N2O5. The van der Waals surface area contributed by atoms with Crippen molar-refractivity contribution in [2.24, 2.45) is 0 Å². The lowest BCUT2D eigenvalue weighted by molar-refractivity contribution is -0.140. The second-order valence-electron chi connectivity index (χ2n) is 6.31. The molecule has 0 saturated carbocycles. The third-order valence-corrected chi connectivity index (χ3v) is 4.15. The van der Waals surface area contributed by atoms with E-state index in [4.69, 9.17) is 10.2 Å². The average Bonchev–Trinajstić information content (AvgIpc) is 2.66. The highest BCUT2D eigenvalue weighted by molar-refractivity contribution is 5.81. The molecular weight excluding hydrogens is 360 g/mol. The molecule has 1 atom stereocenters. The van der Waals surface area contributed by atoms with E-state index in [1.807, 2.05) is 36.4 Å². The number of aliphatic carboxylic acids is 2. The minimum atomic E-state index is -1.09. The van der Waals surface area contributed by atoms with Crippen LogP contribution in [-0.4, -0.2) is 34.1 Å². The summed E-state index contributed by atoms with van der Waals surface area (Å²) in [6, 6.07) is 16.1. The molecule has 28 heavy (non-hydrogen) atoms. The standard InChI is InChI=1S/C21H20N2O5/c22-13-16-3-1-2-4-18(16)15-7-5-14(6-8-15)11-17(12-21(27)28)23-19(24)9-10-20(25)26/h1-8,17H,9-12H2,(H,23,24)(H,25,26)(H,27,28)/t17-/m1/s1. The van der Waals surface area contributed by atoms with Crippen molar-refractivity contribution >= 4 is 17.8 Å². The van der Waals surface area contributed by atoms with Crippen molar-refractivity contribution < 1.29 is 24.6 Å². The SMILES string of the molecule is N#Cc1ccccc1-c1ccc(C[C@H](CC(=O)O)NC(=O)CCC(=O)O)cc1. The zero-order valence-corrected chi connectivity index (χ0v) is 15.1. The number of rotatable bonds is 9. The number of carbonyl (C=O) groups excluding carboxylic acids is 1. The van der Waals surface area contributed by atoms with Gasteiger partial charge in [-0.15, -0.1) is 0 Å². The van der Waals surface area contributed by atoms with E-state index in [-0.39, 0.29) is 19.3 Å².